The number of piperidine rings is 1. The summed E-state index contributed by atoms with van der Waals surface area (Å²) < 4.78 is 0. The average molecular weight is 337 g/mol. The number of carboxylic acid groups (broad SMARTS) is 1. The molecule has 1 aliphatic heterocycles. The van der Waals surface area contributed by atoms with Gasteiger partial charge in [-0.2, -0.15) is 0 Å². The zero-order valence-corrected chi connectivity index (χ0v) is 13.6. The summed E-state index contributed by atoms with van der Waals surface area (Å²) in [6.45, 7) is 1.00. The van der Waals surface area contributed by atoms with Gasteiger partial charge in [0.25, 0.3) is 0 Å². The first kappa shape index (κ1) is 16.1. The van der Waals surface area contributed by atoms with Gasteiger partial charge in [-0.3, -0.25) is 4.79 Å². The number of carboxylic acids is 1. The van der Waals surface area contributed by atoms with E-state index in [0.29, 0.717) is 36.9 Å². The van der Waals surface area contributed by atoms with E-state index >= 15 is 0 Å². The minimum atomic E-state index is -0.762. The number of amides is 2. The second-order valence-corrected chi connectivity index (χ2v) is 6.85. The van der Waals surface area contributed by atoms with E-state index in [1.165, 1.54) is 0 Å². The molecule has 124 valence electrons. The van der Waals surface area contributed by atoms with Crippen molar-refractivity contribution in [3.8, 4) is 0 Å². The molecule has 1 aliphatic carbocycles. The van der Waals surface area contributed by atoms with E-state index in [4.69, 9.17) is 16.7 Å². The third-order valence-corrected chi connectivity index (χ3v) is 4.98. The Labute approximate surface area is 140 Å². The van der Waals surface area contributed by atoms with Gasteiger partial charge in [-0.1, -0.05) is 23.7 Å². The lowest BCUT2D eigenvalue weighted by Gasteiger charge is -2.32. The number of hydrogen-bond acceptors (Lipinski definition) is 2. The molecule has 6 heteroatoms. The minimum Gasteiger partial charge on any atom is -0.481 e. The van der Waals surface area contributed by atoms with Crippen LogP contribution in [0, 0.1) is 11.8 Å². The molecule has 0 bridgehead atoms. The van der Waals surface area contributed by atoms with Crippen molar-refractivity contribution in [2.45, 2.75) is 31.7 Å². The molecule has 1 heterocycles. The summed E-state index contributed by atoms with van der Waals surface area (Å²) in [6, 6.07) is 7.52. The van der Waals surface area contributed by atoms with E-state index in [0.717, 1.165) is 18.4 Å². The van der Waals surface area contributed by atoms with E-state index in [1.807, 2.05) is 24.3 Å². The number of benzene rings is 1. The van der Waals surface area contributed by atoms with Gasteiger partial charge in [0.1, 0.15) is 0 Å². The second-order valence-electron chi connectivity index (χ2n) is 6.42. The molecule has 1 saturated heterocycles. The van der Waals surface area contributed by atoms with Crippen molar-refractivity contribution in [1.29, 1.82) is 0 Å². The molecule has 5 nitrogen and oxygen atoms in total. The molecular weight excluding hydrogens is 316 g/mol. The van der Waals surface area contributed by atoms with Crippen LogP contribution in [0.25, 0.3) is 0 Å². The zero-order valence-electron chi connectivity index (χ0n) is 12.9. The Morgan fingerprint density at radius 3 is 2.26 bits per heavy atom. The van der Waals surface area contributed by atoms with Crippen LogP contribution in [-0.2, 0) is 4.79 Å². The fourth-order valence-electron chi connectivity index (χ4n) is 3.13. The van der Waals surface area contributed by atoms with Crippen molar-refractivity contribution < 1.29 is 14.7 Å². The highest BCUT2D eigenvalue weighted by Gasteiger charge is 2.35. The Bertz CT molecular complexity index is 578. The highest BCUT2D eigenvalue weighted by molar-refractivity contribution is 6.30. The maximum Gasteiger partial charge on any atom is 0.317 e. The van der Waals surface area contributed by atoms with Gasteiger partial charge < -0.3 is 15.3 Å². The predicted octanol–water partition coefficient (Wildman–Crippen LogP) is 3.30. The predicted molar refractivity (Wildman–Crippen MR) is 87.4 cm³/mol. The normalized spacial score (nSPS) is 20.1. The van der Waals surface area contributed by atoms with Crippen molar-refractivity contribution in [2.24, 2.45) is 11.8 Å². The monoisotopic (exact) mass is 336 g/mol. The Balaban J connectivity index is 1.61. The first-order valence-corrected chi connectivity index (χ1v) is 8.46. The molecule has 2 N–H and O–H groups in total. The van der Waals surface area contributed by atoms with Crippen LogP contribution in [0.4, 0.5) is 4.79 Å². The number of aliphatic carboxylic acids is 1. The largest absolute Gasteiger partial charge is 0.481 e. The van der Waals surface area contributed by atoms with Crippen LogP contribution in [-0.4, -0.2) is 35.1 Å². The number of hydrogen-bond donors (Lipinski definition) is 2. The molecule has 23 heavy (non-hydrogen) atoms. The van der Waals surface area contributed by atoms with Gasteiger partial charge in [-0.25, -0.2) is 4.79 Å². The lowest BCUT2D eigenvalue weighted by atomic mass is 9.97. The Morgan fingerprint density at radius 2 is 1.74 bits per heavy atom. The van der Waals surface area contributed by atoms with Crippen LogP contribution in [0.1, 0.15) is 37.3 Å². The number of carbonyl (C=O) groups excluding carboxylic acids is 1. The van der Waals surface area contributed by atoms with Gasteiger partial charge in [0.2, 0.25) is 0 Å². The summed E-state index contributed by atoms with van der Waals surface area (Å²) in [6.07, 6.45) is 3.29. The number of halogens is 1. The molecule has 2 fully saturated rings. The minimum absolute atomic E-state index is 0.0111. The molecule has 1 atom stereocenters. The molecule has 1 unspecified atom stereocenters. The summed E-state index contributed by atoms with van der Waals surface area (Å²) in [4.78, 5) is 25.2. The van der Waals surface area contributed by atoms with E-state index in [2.05, 4.69) is 5.32 Å². The summed E-state index contributed by atoms with van der Waals surface area (Å²) in [5.74, 6) is -0.603. The molecule has 1 saturated carbocycles. The first-order valence-electron chi connectivity index (χ1n) is 8.08. The lowest BCUT2D eigenvalue weighted by molar-refractivity contribution is -0.143. The van der Waals surface area contributed by atoms with Gasteiger partial charge in [0.05, 0.1) is 12.0 Å². The fourth-order valence-corrected chi connectivity index (χ4v) is 3.25. The third-order valence-electron chi connectivity index (χ3n) is 4.73. The van der Waals surface area contributed by atoms with Crippen LogP contribution in [0.2, 0.25) is 5.02 Å². The molecule has 2 amide bonds. The highest BCUT2D eigenvalue weighted by Crippen LogP contribution is 2.41. The lowest BCUT2D eigenvalue weighted by Crippen LogP contribution is -2.46. The van der Waals surface area contributed by atoms with Gasteiger partial charge in [-0.05, 0) is 49.3 Å². The number of likely N-dealkylation sites (tertiary alicyclic amines) is 1. The Hall–Kier alpha value is -1.75. The van der Waals surface area contributed by atoms with Crippen molar-refractivity contribution in [1.82, 2.24) is 10.2 Å². The average Bonchev–Trinajstić information content (AvgIpc) is 3.38. The second kappa shape index (κ2) is 6.79. The van der Waals surface area contributed by atoms with E-state index in [1.54, 1.807) is 4.90 Å². The Kier molecular flexibility index (Phi) is 4.76. The standard InChI is InChI=1S/C17H21ClN2O3/c18-14-5-3-12(4-6-14)15(11-1-2-11)19-17(23)20-9-7-13(8-10-20)16(21)22/h3-6,11,13,15H,1-2,7-10H2,(H,19,23)(H,21,22). The summed E-state index contributed by atoms with van der Waals surface area (Å²) >= 11 is 5.93. The molecule has 1 aromatic rings. The maximum atomic E-state index is 12.5. The van der Waals surface area contributed by atoms with Crippen LogP contribution in [0.3, 0.4) is 0 Å². The number of rotatable bonds is 4. The number of urea groups is 1. The van der Waals surface area contributed by atoms with Gasteiger partial charge in [0, 0.05) is 18.1 Å². The summed E-state index contributed by atoms with van der Waals surface area (Å²) in [7, 11) is 0. The van der Waals surface area contributed by atoms with E-state index in [-0.39, 0.29) is 18.0 Å². The van der Waals surface area contributed by atoms with Crippen LogP contribution in [0.15, 0.2) is 24.3 Å². The third kappa shape index (κ3) is 3.96. The SMILES string of the molecule is O=C(O)C1CCN(C(=O)NC(c2ccc(Cl)cc2)C2CC2)CC1. The Morgan fingerprint density at radius 1 is 1.13 bits per heavy atom. The molecule has 0 aromatic heterocycles. The van der Waals surface area contributed by atoms with Crippen molar-refractivity contribution in [3.63, 3.8) is 0 Å². The fraction of sp³-hybridized carbons (Fsp3) is 0.529. The quantitative estimate of drug-likeness (QED) is 0.886. The van der Waals surface area contributed by atoms with Crippen molar-refractivity contribution >= 4 is 23.6 Å². The van der Waals surface area contributed by atoms with E-state index < -0.39 is 5.97 Å². The van der Waals surface area contributed by atoms with Gasteiger partial charge in [-0.15, -0.1) is 0 Å². The van der Waals surface area contributed by atoms with Crippen molar-refractivity contribution in [3.05, 3.63) is 34.9 Å². The van der Waals surface area contributed by atoms with Crippen molar-refractivity contribution in [2.75, 3.05) is 13.1 Å². The van der Waals surface area contributed by atoms with E-state index in [9.17, 15) is 9.59 Å². The number of nitrogens with one attached hydrogen (secondary N) is 1. The number of nitrogens with zero attached hydrogens (tertiary/aromatic N) is 1. The molecule has 2 aliphatic rings. The summed E-state index contributed by atoms with van der Waals surface area (Å²) in [5.41, 5.74) is 1.07. The molecule has 3 rings (SSSR count). The maximum absolute atomic E-state index is 12.5. The molecule has 0 radical (unpaired) electrons. The summed E-state index contributed by atoms with van der Waals surface area (Å²) in [5, 5.41) is 12.8. The van der Waals surface area contributed by atoms with Crippen LogP contribution >= 0.6 is 11.6 Å². The van der Waals surface area contributed by atoms with Crippen LogP contribution in [0.5, 0.6) is 0 Å². The molecule has 1 aromatic carbocycles. The molecule has 0 spiro atoms. The van der Waals surface area contributed by atoms with Gasteiger partial charge in [0.15, 0.2) is 0 Å². The topological polar surface area (TPSA) is 69.6 Å². The van der Waals surface area contributed by atoms with Gasteiger partial charge >= 0.3 is 12.0 Å². The number of carbonyl (C=O) groups is 2. The first-order chi connectivity index (χ1) is 11.0. The zero-order chi connectivity index (χ0) is 16.4. The smallest absolute Gasteiger partial charge is 0.317 e. The molecular formula is C17H21ClN2O3. The van der Waals surface area contributed by atoms with Crippen LogP contribution < -0.4 is 5.32 Å². The highest BCUT2D eigenvalue weighted by atomic mass is 35.5.